The van der Waals surface area contributed by atoms with E-state index in [1.165, 1.54) is 5.69 Å². The molecule has 0 amide bonds. The summed E-state index contributed by atoms with van der Waals surface area (Å²) >= 11 is 0. The van der Waals surface area contributed by atoms with Crippen LogP contribution in [-0.2, 0) is 16.6 Å². The number of aryl methyl sites for hydroxylation is 3. The Morgan fingerprint density at radius 3 is 2.60 bits per heavy atom. The van der Waals surface area contributed by atoms with Crippen LogP contribution in [0.25, 0.3) is 0 Å². The summed E-state index contributed by atoms with van der Waals surface area (Å²) in [5.41, 5.74) is 2.20. The van der Waals surface area contributed by atoms with Gasteiger partial charge in [-0.3, -0.25) is 10.00 Å². The van der Waals surface area contributed by atoms with E-state index in [1.807, 2.05) is 11.6 Å². The van der Waals surface area contributed by atoms with Crippen LogP contribution in [0.5, 0.6) is 0 Å². The monoisotopic (exact) mass is 364 g/mol. The minimum Gasteiger partial charge on any atom is -0.274 e. The maximum absolute atomic E-state index is 12.5. The van der Waals surface area contributed by atoms with E-state index < -0.39 is 10.0 Å². The quantitative estimate of drug-likeness (QED) is 0.757. The van der Waals surface area contributed by atoms with Gasteiger partial charge in [-0.25, -0.2) is 13.4 Å². The van der Waals surface area contributed by atoms with Gasteiger partial charge in [-0.15, -0.1) is 0 Å². The first kappa shape index (κ1) is 17.9. The Hall–Kier alpha value is -1.93. The van der Waals surface area contributed by atoms with Gasteiger partial charge in [-0.2, -0.15) is 9.40 Å². The van der Waals surface area contributed by atoms with E-state index in [-0.39, 0.29) is 0 Å². The summed E-state index contributed by atoms with van der Waals surface area (Å²) in [7, 11) is -3.36. The van der Waals surface area contributed by atoms with Gasteiger partial charge in [-0.05, 0) is 38.8 Å². The molecule has 25 heavy (non-hydrogen) atoms. The van der Waals surface area contributed by atoms with Crippen molar-refractivity contribution < 1.29 is 13.4 Å². The molecule has 0 bridgehead atoms. The Balaban J connectivity index is 1.51. The van der Waals surface area contributed by atoms with Gasteiger partial charge in [0.1, 0.15) is 11.1 Å². The lowest BCUT2D eigenvalue weighted by atomic mass is 10.3. The molecule has 0 aromatic carbocycles. The van der Waals surface area contributed by atoms with Crippen LogP contribution in [0.3, 0.4) is 0 Å². The molecule has 0 atom stereocenters. The molecule has 3 heterocycles. The smallest absolute Gasteiger partial charge is 0.272 e. The Kier molecular flexibility index (Phi) is 5.39. The Bertz CT molecular complexity index is 808. The average molecular weight is 364 g/mol. The highest BCUT2D eigenvalue weighted by Gasteiger charge is 2.27. The van der Waals surface area contributed by atoms with Crippen molar-refractivity contribution >= 4 is 15.8 Å². The molecule has 0 unspecified atom stereocenters. The van der Waals surface area contributed by atoms with Crippen molar-refractivity contribution in [2.45, 2.75) is 44.6 Å². The molecule has 1 fully saturated rings. The number of hydrogen-bond acceptors (Lipinski definition) is 4. The standard InChI is InChI=1S/C17H25N5O2S/c1-14-12-15(2)22(20-14)11-5-8-18-17-7-6-16(13-19-17)25(23,24)21-9-3-4-10-21/h6-7,12-13H,3-5,8-11H2,1-2H3,(H,18,19)/p+1. The lowest BCUT2D eigenvalue weighted by Gasteiger charge is -2.14. The molecule has 136 valence electrons. The van der Waals surface area contributed by atoms with Gasteiger partial charge < -0.3 is 0 Å². The molecule has 0 spiro atoms. The molecule has 1 saturated heterocycles. The van der Waals surface area contributed by atoms with E-state index >= 15 is 0 Å². The number of nitrogens with one attached hydrogen (secondary N) is 2. The van der Waals surface area contributed by atoms with E-state index in [2.05, 4.69) is 28.4 Å². The average Bonchev–Trinajstić information content (AvgIpc) is 3.22. The predicted molar refractivity (Wildman–Crippen MR) is 95.8 cm³/mol. The summed E-state index contributed by atoms with van der Waals surface area (Å²) in [5, 5.41) is 7.73. The molecule has 0 radical (unpaired) electrons. The lowest BCUT2D eigenvalue weighted by molar-refractivity contribution is -0.364. The summed E-state index contributed by atoms with van der Waals surface area (Å²) in [6.07, 6.45) is 4.39. The van der Waals surface area contributed by atoms with Crippen LogP contribution in [0.2, 0.25) is 0 Å². The van der Waals surface area contributed by atoms with E-state index in [9.17, 15) is 8.42 Å². The first-order valence-electron chi connectivity index (χ1n) is 8.73. The highest BCUT2D eigenvalue weighted by Crippen LogP contribution is 2.19. The molecule has 1 aliphatic heterocycles. The minimum absolute atomic E-state index is 0.322. The number of rotatable bonds is 7. The van der Waals surface area contributed by atoms with Crippen molar-refractivity contribution in [1.29, 1.82) is 0 Å². The molecule has 0 aliphatic carbocycles. The lowest BCUT2D eigenvalue weighted by Crippen LogP contribution is -2.29. The second-order valence-corrected chi connectivity index (χ2v) is 8.42. The topological polar surface area (TPSA) is 81.4 Å². The number of anilines is 1. The summed E-state index contributed by atoms with van der Waals surface area (Å²) in [5.74, 6) is 0.814. The Morgan fingerprint density at radius 1 is 1.24 bits per heavy atom. The van der Waals surface area contributed by atoms with Crippen molar-refractivity contribution in [2.24, 2.45) is 0 Å². The first-order valence-corrected chi connectivity index (χ1v) is 10.2. The summed E-state index contributed by atoms with van der Waals surface area (Å²) in [4.78, 5) is 3.36. The van der Waals surface area contributed by atoms with Gasteiger partial charge in [-0.1, -0.05) is 0 Å². The molecule has 2 aromatic heterocycles. The second kappa shape index (κ2) is 7.53. The normalized spacial score (nSPS) is 15.6. The van der Waals surface area contributed by atoms with Crippen LogP contribution in [0, 0.1) is 13.8 Å². The number of pyridine rings is 1. The maximum Gasteiger partial charge on any atom is 0.272 e. The van der Waals surface area contributed by atoms with Crippen LogP contribution in [0.1, 0.15) is 30.7 Å². The van der Waals surface area contributed by atoms with Gasteiger partial charge in [0.2, 0.25) is 10.0 Å². The van der Waals surface area contributed by atoms with Crippen LogP contribution in [0.4, 0.5) is 5.82 Å². The minimum atomic E-state index is -3.36. The number of nitrogens with zero attached hydrogens (tertiary/aromatic N) is 3. The van der Waals surface area contributed by atoms with E-state index in [4.69, 9.17) is 0 Å². The summed E-state index contributed by atoms with van der Waals surface area (Å²) < 4.78 is 28.5. The van der Waals surface area contributed by atoms with Crippen molar-refractivity contribution in [3.8, 4) is 0 Å². The van der Waals surface area contributed by atoms with E-state index in [0.717, 1.165) is 43.9 Å². The van der Waals surface area contributed by atoms with Gasteiger partial charge >= 0.3 is 0 Å². The fraction of sp³-hybridized carbons (Fsp3) is 0.529. The van der Waals surface area contributed by atoms with Gasteiger partial charge in [0.25, 0.3) is 5.82 Å². The zero-order valence-corrected chi connectivity index (χ0v) is 15.6. The molecule has 2 N–H and O–H groups in total. The third-order valence-corrected chi connectivity index (χ3v) is 6.35. The Morgan fingerprint density at radius 2 is 2.00 bits per heavy atom. The van der Waals surface area contributed by atoms with Crippen LogP contribution >= 0.6 is 0 Å². The summed E-state index contributed by atoms with van der Waals surface area (Å²) in [6, 6.07) is 5.51. The van der Waals surface area contributed by atoms with Gasteiger partial charge in [0, 0.05) is 37.8 Å². The predicted octanol–water partition coefficient (Wildman–Crippen LogP) is 1.60. The second-order valence-electron chi connectivity index (χ2n) is 6.48. The molecule has 3 rings (SSSR count). The SMILES string of the molecule is Cc1cc(C)n(CCCNc2ccc(S(=O)(=O)N3CCCC3)c[nH+]2)n1. The van der Waals surface area contributed by atoms with Gasteiger partial charge in [0.05, 0.1) is 12.2 Å². The number of hydrogen-bond donors (Lipinski definition) is 1. The third-order valence-electron chi connectivity index (χ3n) is 4.45. The Labute approximate surface area is 149 Å². The van der Waals surface area contributed by atoms with Gasteiger partial charge in [0.15, 0.2) is 0 Å². The van der Waals surface area contributed by atoms with Crippen molar-refractivity contribution in [3.05, 3.63) is 35.8 Å². The highest BCUT2D eigenvalue weighted by molar-refractivity contribution is 7.89. The van der Waals surface area contributed by atoms with Crippen LogP contribution in [0.15, 0.2) is 29.3 Å². The number of H-pyrrole nitrogens is 1. The first-order chi connectivity index (χ1) is 12.0. The molecular weight excluding hydrogens is 338 g/mol. The van der Waals surface area contributed by atoms with Crippen LogP contribution < -0.4 is 10.3 Å². The fourth-order valence-electron chi connectivity index (χ4n) is 3.11. The van der Waals surface area contributed by atoms with Crippen molar-refractivity contribution in [1.82, 2.24) is 14.1 Å². The molecule has 8 heteroatoms. The molecule has 0 saturated carbocycles. The fourth-order valence-corrected chi connectivity index (χ4v) is 4.60. The zero-order valence-electron chi connectivity index (χ0n) is 14.8. The number of aromatic amines is 1. The summed E-state index contributed by atoms with van der Waals surface area (Å²) in [6.45, 7) is 6.93. The van der Waals surface area contributed by atoms with E-state index in [0.29, 0.717) is 18.0 Å². The third kappa shape index (κ3) is 4.19. The van der Waals surface area contributed by atoms with Crippen molar-refractivity contribution in [3.63, 3.8) is 0 Å². The molecule has 1 aliphatic rings. The maximum atomic E-state index is 12.5. The number of sulfonamides is 1. The highest BCUT2D eigenvalue weighted by atomic mass is 32.2. The van der Waals surface area contributed by atoms with Crippen LogP contribution in [-0.4, -0.2) is 42.1 Å². The van der Waals surface area contributed by atoms with Crippen molar-refractivity contribution in [2.75, 3.05) is 25.0 Å². The zero-order chi connectivity index (χ0) is 17.9. The molecule has 7 nitrogen and oxygen atoms in total. The number of aromatic nitrogens is 3. The largest absolute Gasteiger partial charge is 0.274 e. The molecular formula is C17H26N5O2S+. The molecule has 2 aromatic rings. The van der Waals surface area contributed by atoms with E-state index in [1.54, 1.807) is 22.6 Å².